The van der Waals surface area contributed by atoms with Gasteiger partial charge in [-0.25, -0.2) is 0 Å². The third-order valence-electron chi connectivity index (χ3n) is 4.61. The second-order valence-corrected chi connectivity index (χ2v) is 6.57. The molecule has 0 aliphatic heterocycles. The highest BCUT2D eigenvalue weighted by molar-refractivity contribution is 6.05. The number of carbonyl (C=O) groups excluding carboxylic acids is 2. The number of nitrogens with zero attached hydrogens (tertiary/aromatic N) is 1. The van der Waals surface area contributed by atoms with Crippen molar-refractivity contribution < 1.29 is 23.6 Å². The summed E-state index contributed by atoms with van der Waals surface area (Å²) in [6, 6.07) is 11.6. The summed E-state index contributed by atoms with van der Waals surface area (Å²) in [6.45, 7) is 3.95. The molecule has 0 saturated heterocycles. The molecule has 0 saturated carbocycles. The molecule has 0 spiro atoms. The predicted molar refractivity (Wildman–Crippen MR) is 111 cm³/mol. The first-order valence-corrected chi connectivity index (χ1v) is 9.29. The summed E-state index contributed by atoms with van der Waals surface area (Å²) in [5, 5.41) is 9.25. The molecule has 2 N–H and O–H groups in total. The van der Waals surface area contributed by atoms with Gasteiger partial charge in [-0.05, 0) is 56.3 Å². The lowest BCUT2D eigenvalue weighted by Gasteiger charge is -2.12. The van der Waals surface area contributed by atoms with E-state index in [2.05, 4.69) is 15.8 Å². The fourth-order valence-corrected chi connectivity index (χ4v) is 2.84. The van der Waals surface area contributed by atoms with Crippen LogP contribution in [0.2, 0.25) is 0 Å². The average molecular weight is 409 g/mol. The van der Waals surface area contributed by atoms with Crippen LogP contribution in [-0.2, 0) is 6.61 Å². The van der Waals surface area contributed by atoms with E-state index in [1.807, 2.05) is 13.8 Å². The molecule has 8 nitrogen and oxygen atoms in total. The predicted octanol–water partition coefficient (Wildman–Crippen LogP) is 3.49. The molecule has 30 heavy (non-hydrogen) atoms. The largest absolute Gasteiger partial charge is 0.493 e. The molecule has 8 heteroatoms. The van der Waals surface area contributed by atoms with Gasteiger partial charge in [0.25, 0.3) is 11.8 Å². The molecule has 2 amide bonds. The van der Waals surface area contributed by atoms with Gasteiger partial charge in [0, 0.05) is 23.9 Å². The normalized spacial score (nSPS) is 10.4. The molecule has 3 rings (SSSR count). The number of hydrogen-bond acceptors (Lipinski definition) is 6. The maximum atomic E-state index is 12.6. The number of aryl methyl sites for hydroxylation is 2. The van der Waals surface area contributed by atoms with Gasteiger partial charge in [0.05, 0.1) is 18.4 Å². The molecular formula is C22H23N3O5. The number of carbonyl (C=O) groups is 2. The Bertz CT molecular complexity index is 1040. The highest BCUT2D eigenvalue weighted by Gasteiger charge is 2.14. The maximum absolute atomic E-state index is 12.6. The van der Waals surface area contributed by atoms with E-state index in [9.17, 15) is 9.59 Å². The minimum absolute atomic E-state index is 0.190. The molecular weight excluding hydrogens is 386 g/mol. The van der Waals surface area contributed by atoms with Gasteiger partial charge in [-0.1, -0.05) is 5.16 Å². The lowest BCUT2D eigenvalue weighted by molar-refractivity contribution is 0.0962. The minimum atomic E-state index is -0.307. The van der Waals surface area contributed by atoms with Gasteiger partial charge in [-0.3, -0.25) is 9.59 Å². The van der Waals surface area contributed by atoms with Crippen molar-refractivity contribution in [2.75, 3.05) is 19.5 Å². The third-order valence-corrected chi connectivity index (χ3v) is 4.61. The van der Waals surface area contributed by atoms with E-state index in [1.54, 1.807) is 49.5 Å². The molecule has 1 heterocycles. The number of nitrogens with one attached hydrogen (secondary N) is 2. The highest BCUT2D eigenvalue weighted by atomic mass is 16.5. The molecule has 0 fully saturated rings. The van der Waals surface area contributed by atoms with E-state index >= 15 is 0 Å². The van der Waals surface area contributed by atoms with Crippen molar-refractivity contribution >= 4 is 17.5 Å². The summed E-state index contributed by atoms with van der Waals surface area (Å²) in [5.41, 5.74) is 3.14. The van der Waals surface area contributed by atoms with Crippen LogP contribution in [0.3, 0.4) is 0 Å². The van der Waals surface area contributed by atoms with Crippen LogP contribution in [0.1, 0.15) is 37.7 Å². The van der Waals surface area contributed by atoms with Crippen LogP contribution in [0.5, 0.6) is 11.5 Å². The second-order valence-electron chi connectivity index (χ2n) is 6.57. The van der Waals surface area contributed by atoms with E-state index in [-0.39, 0.29) is 18.4 Å². The van der Waals surface area contributed by atoms with Gasteiger partial charge in [0.1, 0.15) is 12.4 Å². The first-order chi connectivity index (χ1) is 14.4. The summed E-state index contributed by atoms with van der Waals surface area (Å²) >= 11 is 0. The Balaban J connectivity index is 1.70. The van der Waals surface area contributed by atoms with E-state index in [4.69, 9.17) is 14.0 Å². The zero-order valence-electron chi connectivity index (χ0n) is 17.2. The zero-order valence-corrected chi connectivity index (χ0v) is 17.2. The smallest absolute Gasteiger partial charge is 0.255 e. The van der Waals surface area contributed by atoms with Crippen LogP contribution in [0.25, 0.3) is 0 Å². The molecule has 0 aliphatic rings. The molecule has 0 unspecified atom stereocenters. The fourth-order valence-electron chi connectivity index (χ4n) is 2.84. The summed E-state index contributed by atoms with van der Waals surface area (Å²) in [5.74, 6) is 1.14. The van der Waals surface area contributed by atoms with Crippen molar-refractivity contribution in [2.45, 2.75) is 20.5 Å². The van der Waals surface area contributed by atoms with Crippen molar-refractivity contribution in [2.24, 2.45) is 0 Å². The number of methoxy groups -OCH3 is 1. The summed E-state index contributed by atoms with van der Waals surface area (Å²) < 4.78 is 16.4. The van der Waals surface area contributed by atoms with Gasteiger partial charge in [0.15, 0.2) is 11.5 Å². The van der Waals surface area contributed by atoms with Crippen molar-refractivity contribution in [1.29, 1.82) is 0 Å². The maximum Gasteiger partial charge on any atom is 0.255 e. The van der Waals surface area contributed by atoms with Crippen LogP contribution in [0, 0.1) is 13.8 Å². The van der Waals surface area contributed by atoms with Crippen molar-refractivity contribution in [3.05, 3.63) is 70.6 Å². The molecule has 0 aliphatic carbocycles. The minimum Gasteiger partial charge on any atom is -0.493 e. The van der Waals surface area contributed by atoms with Crippen molar-refractivity contribution in [1.82, 2.24) is 10.5 Å². The molecule has 0 bridgehead atoms. The summed E-state index contributed by atoms with van der Waals surface area (Å²) in [4.78, 5) is 24.2. The number of anilines is 1. The molecule has 0 radical (unpaired) electrons. The standard InChI is InChI=1S/C22H23N3O5/c1-13-18(14(2)30-25-13)12-29-19-10-7-16(11-20(19)28-4)22(27)24-17-8-5-15(6-9-17)21(26)23-3/h5-11H,12H2,1-4H3,(H,23,26)(H,24,27). The molecule has 3 aromatic rings. The van der Waals surface area contributed by atoms with E-state index in [0.29, 0.717) is 34.1 Å². The SMILES string of the molecule is CNC(=O)c1ccc(NC(=O)c2ccc(OCc3c(C)noc3C)c(OC)c2)cc1. The first-order valence-electron chi connectivity index (χ1n) is 9.29. The monoisotopic (exact) mass is 409 g/mol. The lowest BCUT2D eigenvalue weighted by Crippen LogP contribution is -2.18. The summed E-state index contributed by atoms with van der Waals surface area (Å²) in [7, 11) is 3.07. The van der Waals surface area contributed by atoms with E-state index in [0.717, 1.165) is 11.3 Å². The first kappa shape index (κ1) is 20.9. The van der Waals surface area contributed by atoms with E-state index in [1.165, 1.54) is 7.11 Å². The number of ether oxygens (including phenoxy) is 2. The van der Waals surface area contributed by atoms with Crippen molar-refractivity contribution in [3.63, 3.8) is 0 Å². The molecule has 0 atom stereocenters. The lowest BCUT2D eigenvalue weighted by atomic mass is 10.1. The second kappa shape index (κ2) is 9.13. The van der Waals surface area contributed by atoms with Crippen LogP contribution in [0.15, 0.2) is 47.0 Å². The Morgan fingerprint density at radius 2 is 1.70 bits per heavy atom. The Kier molecular flexibility index (Phi) is 6.36. The quantitative estimate of drug-likeness (QED) is 0.619. The van der Waals surface area contributed by atoms with E-state index < -0.39 is 0 Å². The molecule has 2 aromatic carbocycles. The number of aromatic nitrogens is 1. The van der Waals surface area contributed by atoms with Gasteiger partial charge in [0.2, 0.25) is 0 Å². The number of hydrogen-bond donors (Lipinski definition) is 2. The fraction of sp³-hybridized carbons (Fsp3) is 0.227. The number of rotatable bonds is 7. The Morgan fingerprint density at radius 3 is 2.30 bits per heavy atom. The Hall–Kier alpha value is -3.81. The van der Waals surface area contributed by atoms with Crippen LogP contribution >= 0.6 is 0 Å². The Labute approximate surface area is 174 Å². The van der Waals surface area contributed by atoms with Gasteiger partial charge < -0.3 is 24.6 Å². The summed E-state index contributed by atoms with van der Waals surface area (Å²) in [6.07, 6.45) is 0. The number of benzene rings is 2. The number of amides is 2. The Morgan fingerprint density at radius 1 is 1.00 bits per heavy atom. The third kappa shape index (κ3) is 4.60. The van der Waals surface area contributed by atoms with Gasteiger partial charge in [-0.15, -0.1) is 0 Å². The van der Waals surface area contributed by atoms with Crippen molar-refractivity contribution in [3.8, 4) is 11.5 Å². The van der Waals surface area contributed by atoms with Crippen LogP contribution in [0.4, 0.5) is 5.69 Å². The highest BCUT2D eigenvalue weighted by Crippen LogP contribution is 2.30. The molecule has 1 aromatic heterocycles. The van der Waals surface area contributed by atoms with Crippen LogP contribution < -0.4 is 20.1 Å². The van der Waals surface area contributed by atoms with Gasteiger partial charge >= 0.3 is 0 Å². The average Bonchev–Trinajstić information content (AvgIpc) is 3.09. The van der Waals surface area contributed by atoms with Gasteiger partial charge in [-0.2, -0.15) is 0 Å². The molecule has 156 valence electrons. The zero-order chi connectivity index (χ0) is 21.7. The van der Waals surface area contributed by atoms with Crippen LogP contribution in [-0.4, -0.2) is 31.1 Å². The topological polar surface area (TPSA) is 103 Å².